The maximum atomic E-state index is 15.6. The number of carbonyl (C=O) groups is 5. The zero-order valence-corrected chi connectivity index (χ0v) is 29.7. The minimum absolute atomic E-state index is 0.0297. The Morgan fingerprint density at radius 3 is 2.52 bits per heavy atom. The van der Waals surface area contributed by atoms with Gasteiger partial charge in [0, 0.05) is 22.8 Å². The van der Waals surface area contributed by atoms with E-state index in [2.05, 4.69) is 15.5 Å². The second-order valence-corrected chi connectivity index (χ2v) is 15.5. The molecule has 4 aliphatic heterocycles. The fraction of sp³-hybridized carbons (Fsp3) is 0.324. The van der Waals surface area contributed by atoms with Gasteiger partial charge in [-0.25, -0.2) is 13.4 Å². The van der Waals surface area contributed by atoms with Crippen molar-refractivity contribution in [1.29, 1.82) is 0 Å². The Morgan fingerprint density at radius 2 is 1.78 bits per heavy atom. The van der Waals surface area contributed by atoms with Gasteiger partial charge in [0.15, 0.2) is 5.82 Å². The average molecular weight is 761 g/mol. The second kappa shape index (κ2) is 13.7. The maximum absolute atomic E-state index is 15.6. The molecule has 4 heterocycles. The van der Waals surface area contributed by atoms with Crippen LogP contribution in [-0.2, 0) is 19.2 Å². The number of rotatable bonds is 9. The second-order valence-electron chi connectivity index (χ2n) is 13.8. The fourth-order valence-electron chi connectivity index (χ4n) is 7.94. The summed E-state index contributed by atoms with van der Waals surface area (Å²) in [6, 6.07) is 14.6. The quantitative estimate of drug-likeness (QED) is 0.108. The zero-order valence-electron chi connectivity index (χ0n) is 28.8. The highest BCUT2D eigenvalue weighted by molar-refractivity contribution is 8.24. The lowest BCUT2D eigenvalue weighted by Crippen LogP contribution is -2.53. The van der Waals surface area contributed by atoms with Crippen molar-refractivity contribution >= 4 is 73.4 Å². The normalized spacial score (nSPS) is 20.8. The lowest BCUT2D eigenvalue weighted by atomic mass is 9.85. The van der Waals surface area contributed by atoms with Crippen molar-refractivity contribution in [3.8, 4) is 11.5 Å². The largest absolute Gasteiger partial charge is 0.506 e. The molecule has 4 aromatic carbocycles. The van der Waals surface area contributed by atoms with Crippen molar-refractivity contribution < 1.29 is 47.3 Å². The molecule has 0 saturated carbocycles. The van der Waals surface area contributed by atoms with E-state index in [0.29, 0.717) is 34.0 Å². The summed E-state index contributed by atoms with van der Waals surface area (Å²) in [5, 5.41) is 17.8. The van der Waals surface area contributed by atoms with Gasteiger partial charge in [0.2, 0.25) is 17.7 Å². The number of imide groups is 1. The van der Waals surface area contributed by atoms with Crippen molar-refractivity contribution in [2.45, 2.75) is 37.6 Å². The maximum Gasteiger partial charge on any atom is 0.260 e. The molecule has 0 aliphatic carbocycles. The van der Waals surface area contributed by atoms with Crippen molar-refractivity contribution in [2.24, 2.45) is 0 Å². The molecule has 1 atom stereocenters. The fourth-order valence-corrected chi connectivity index (χ4v) is 9.15. The molecule has 6 N–H and O–H groups in total. The lowest BCUT2D eigenvalue weighted by molar-refractivity contribution is -0.134. The van der Waals surface area contributed by atoms with Crippen LogP contribution in [0.2, 0.25) is 0 Å². The summed E-state index contributed by atoms with van der Waals surface area (Å²) in [5.74, 6) is -2.96. The van der Waals surface area contributed by atoms with E-state index in [1.807, 2.05) is 29.0 Å². The molecule has 3 fully saturated rings. The molecule has 54 heavy (non-hydrogen) atoms. The number of ether oxygens (including phenoxy) is 1. The van der Waals surface area contributed by atoms with E-state index in [1.54, 1.807) is 12.1 Å². The summed E-state index contributed by atoms with van der Waals surface area (Å²) in [7, 11) is -3.85. The number of anilines is 2. The molecule has 282 valence electrons. The van der Waals surface area contributed by atoms with Gasteiger partial charge in [-0.2, -0.15) is 0 Å². The summed E-state index contributed by atoms with van der Waals surface area (Å²) in [6.45, 7) is 1.31. The van der Waals surface area contributed by atoms with Crippen LogP contribution in [-0.4, -0.2) is 94.0 Å². The molecular formula is C37H37FN6O9S. The standard InChI is InChI=1S/C37H37FN6O9S/c38-34-26-17-22(5-4-21(26)16-29(45)35(34)43-19-32(48)41-54(43,51)52)53-15-12-39-31(47)18-42-13-10-20(11-14-42)23-6-7-27-33-24(23)2-1-3-25(33)37(50)44(27)28-8-9-30(46)40-36(28)49/h1-7,16-17,20,28,45,51-52H,8-15,18-19H2,(H,39,47)(H,41,48)(H,40,46,49). The van der Waals surface area contributed by atoms with Crippen LogP contribution in [0.25, 0.3) is 21.5 Å². The molecule has 15 nitrogen and oxygen atoms in total. The number of benzene rings is 4. The summed E-state index contributed by atoms with van der Waals surface area (Å²) in [6.07, 6.45) is 2.06. The van der Waals surface area contributed by atoms with Crippen LogP contribution in [0.5, 0.6) is 11.5 Å². The first-order valence-electron chi connectivity index (χ1n) is 17.6. The van der Waals surface area contributed by atoms with Crippen LogP contribution in [0.4, 0.5) is 15.8 Å². The third kappa shape index (κ3) is 6.31. The molecule has 1 unspecified atom stereocenters. The smallest absolute Gasteiger partial charge is 0.260 e. The highest BCUT2D eigenvalue weighted by atomic mass is 32.3. The van der Waals surface area contributed by atoms with E-state index in [-0.39, 0.29) is 67.3 Å². The van der Waals surface area contributed by atoms with Crippen molar-refractivity contribution in [1.82, 2.24) is 20.3 Å². The van der Waals surface area contributed by atoms with Crippen LogP contribution in [0, 0.1) is 5.82 Å². The highest BCUT2D eigenvalue weighted by Crippen LogP contribution is 2.51. The highest BCUT2D eigenvalue weighted by Gasteiger charge is 2.42. The molecule has 5 amide bonds. The number of carbonyl (C=O) groups excluding carboxylic acids is 5. The molecule has 8 rings (SSSR count). The monoisotopic (exact) mass is 760 g/mol. The lowest BCUT2D eigenvalue weighted by Gasteiger charge is -2.36. The number of phenols is 1. The molecule has 17 heteroatoms. The third-order valence-corrected chi connectivity index (χ3v) is 11.9. The molecule has 0 radical (unpaired) electrons. The predicted octanol–water partition coefficient (Wildman–Crippen LogP) is 3.49. The van der Waals surface area contributed by atoms with Gasteiger partial charge in [-0.1, -0.05) is 24.3 Å². The molecule has 0 aromatic heterocycles. The van der Waals surface area contributed by atoms with Crippen molar-refractivity contribution in [3.05, 3.63) is 71.5 Å². The van der Waals surface area contributed by atoms with E-state index in [9.17, 15) is 38.2 Å². The van der Waals surface area contributed by atoms with Gasteiger partial charge in [0.05, 0.1) is 18.8 Å². The molecule has 3 saturated heterocycles. The number of phenolic OH excluding ortho intramolecular Hbond substituents is 1. The van der Waals surface area contributed by atoms with E-state index >= 15 is 4.39 Å². The van der Waals surface area contributed by atoms with Crippen LogP contribution in [0.3, 0.4) is 0 Å². The molecule has 4 aliphatic rings. The SMILES string of the molecule is O=C(CN1CCC(c2ccc3c4c(cccc24)C(=O)N3C2CCC(=O)NC2=O)CC1)NCCOc1ccc2cc(O)c(N3CC(=O)NS3(O)O)c(F)c2c1. The summed E-state index contributed by atoms with van der Waals surface area (Å²) in [5.41, 5.74) is 1.83. The number of aromatic hydroxyl groups is 1. The number of fused-ring (bicyclic) bond motifs is 1. The Hall–Kier alpha value is -5.49. The summed E-state index contributed by atoms with van der Waals surface area (Å²) in [4.78, 5) is 66.1. The minimum Gasteiger partial charge on any atom is -0.506 e. The number of halogens is 1. The Bertz CT molecular complexity index is 2260. The Morgan fingerprint density at radius 1 is 0.981 bits per heavy atom. The minimum atomic E-state index is -3.85. The molecular weight excluding hydrogens is 724 g/mol. The van der Waals surface area contributed by atoms with Crippen LogP contribution < -0.4 is 29.3 Å². The van der Waals surface area contributed by atoms with E-state index in [1.165, 1.54) is 23.1 Å². The Balaban J connectivity index is 0.850. The summed E-state index contributed by atoms with van der Waals surface area (Å²) < 4.78 is 44.4. The van der Waals surface area contributed by atoms with E-state index in [4.69, 9.17) is 4.74 Å². The van der Waals surface area contributed by atoms with Gasteiger partial charge in [0.1, 0.15) is 36.4 Å². The zero-order chi connectivity index (χ0) is 37.9. The Labute approximate surface area is 309 Å². The van der Waals surface area contributed by atoms with Crippen LogP contribution in [0.15, 0.2) is 54.6 Å². The van der Waals surface area contributed by atoms with Gasteiger partial charge in [-0.05, 0) is 95.9 Å². The van der Waals surface area contributed by atoms with Crippen LogP contribution >= 0.6 is 11.0 Å². The Kier molecular flexibility index (Phi) is 9.04. The first-order valence-corrected chi connectivity index (χ1v) is 19.1. The number of likely N-dealkylation sites (tertiary alicyclic amines) is 1. The molecule has 0 bridgehead atoms. The predicted molar refractivity (Wildman–Crippen MR) is 198 cm³/mol. The molecule has 0 spiro atoms. The van der Waals surface area contributed by atoms with Gasteiger partial charge >= 0.3 is 0 Å². The van der Waals surface area contributed by atoms with E-state index in [0.717, 1.165) is 29.2 Å². The number of nitrogens with one attached hydrogen (secondary N) is 3. The average Bonchev–Trinajstić information content (AvgIpc) is 3.58. The first kappa shape index (κ1) is 35.5. The van der Waals surface area contributed by atoms with Gasteiger partial charge in [-0.15, -0.1) is 0 Å². The third-order valence-electron chi connectivity index (χ3n) is 10.5. The number of hydrogen-bond donors (Lipinski definition) is 6. The van der Waals surface area contributed by atoms with E-state index < -0.39 is 52.6 Å². The first-order chi connectivity index (χ1) is 25.9. The van der Waals surface area contributed by atoms with Crippen molar-refractivity contribution in [3.63, 3.8) is 0 Å². The van der Waals surface area contributed by atoms with Gasteiger partial charge in [-0.3, -0.25) is 48.2 Å². The number of nitrogens with zero attached hydrogens (tertiary/aromatic N) is 3. The van der Waals surface area contributed by atoms with Gasteiger partial charge < -0.3 is 15.2 Å². The topological polar surface area (TPSA) is 201 Å². The number of amides is 5. The van der Waals surface area contributed by atoms with Crippen molar-refractivity contribution in [2.75, 3.05) is 48.5 Å². The molecule has 4 aromatic rings. The number of piperidine rings is 2. The number of hydrogen-bond acceptors (Lipinski definition) is 11. The van der Waals surface area contributed by atoms with Gasteiger partial charge in [0.25, 0.3) is 11.8 Å². The van der Waals surface area contributed by atoms with Crippen LogP contribution in [0.1, 0.15) is 47.5 Å². The summed E-state index contributed by atoms with van der Waals surface area (Å²) >= 11 is 0.